The van der Waals surface area contributed by atoms with Crippen molar-refractivity contribution in [3.8, 4) is 0 Å². The Labute approximate surface area is 180 Å². The van der Waals surface area contributed by atoms with Crippen molar-refractivity contribution in [2.45, 2.75) is 10.1 Å². The molecule has 0 amide bonds. The van der Waals surface area contributed by atoms with Crippen molar-refractivity contribution in [3.63, 3.8) is 0 Å². The van der Waals surface area contributed by atoms with Gasteiger partial charge in [0, 0.05) is 28.3 Å². The fourth-order valence-electron chi connectivity index (χ4n) is 3.05. The Morgan fingerprint density at radius 1 is 1.03 bits per heavy atom. The number of rotatable bonds is 3. The number of thioether (sulfide) groups is 1. The molecule has 0 fully saturated rings. The van der Waals surface area contributed by atoms with Crippen molar-refractivity contribution in [3.05, 3.63) is 104 Å². The lowest BCUT2D eigenvalue weighted by Crippen LogP contribution is -2.01. The van der Waals surface area contributed by atoms with Crippen LogP contribution in [0.2, 0.25) is 10.0 Å². The molecule has 29 heavy (non-hydrogen) atoms. The molecule has 0 bridgehead atoms. The van der Waals surface area contributed by atoms with E-state index in [1.807, 2.05) is 36.4 Å². The van der Waals surface area contributed by atoms with Crippen molar-refractivity contribution in [1.82, 2.24) is 0 Å². The number of halogens is 3. The third kappa shape index (κ3) is 4.10. The summed E-state index contributed by atoms with van der Waals surface area (Å²) in [5, 5.41) is 14.5. The van der Waals surface area contributed by atoms with E-state index in [0.29, 0.717) is 16.3 Å². The van der Waals surface area contributed by atoms with Gasteiger partial charge in [-0.05, 0) is 35.9 Å². The maximum Gasteiger partial charge on any atom is 0.269 e. The number of benzene rings is 3. The van der Waals surface area contributed by atoms with Gasteiger partial charge in [0.15, 0.2) is 0 Å². The molecule has 4 rings (SSSR count). The van der Waals surface area contributed by atoms with E-state index >= 15 is 0 Å². The lowest BCUT2D eigenvalue weighted by molar-refractivity contribution is -0.384. The average Bonchev–Trinajstić information content (AvgIpc) is 2.90. The third-order valence-electron chi connectivity index (χ3n) is 4.44. The molecule has 0 aromatic heterocycles. The number of fused-ring (bicyclic) bond motifs is 1. The zero-order valence-corrected chi connectivity index (χ0v) is 17.1. The second-order valence-electron chi connectivity index (χ2n) is 6.34. The predicted molar refractivity (Wildman–Crippen MR) is 116 cm³/mol. The number of nitro benzene ring substituents is 1. The standard InChI is InChI=1S/C21H13Cl2FN2O2S/c22-15-10-16(23)17(24)9-14(15)19-11-21(12-4-3-5-13(8-12)26(27)28)29-20-7-2-1-6-18(20)25-19/h1-11,21,25H. The smallest absolute Gasteiger partial charge is 0.269 e. The number of hydrogen-bond acceptors (Lipinski definition) is 4. The van der Waals surface area contributed by atoms with Crippen molar-refractivity contribution < 1.29 is 9.31 Å². The summed E-state index contributed by atoms with van der Waals surface area (Å²) < 4.78 is 14.1. The number of anilines is 1. The summed E-state index contributed by atoms with van der Waals surface area (Å²) in [5.41, 5.74) is 2.66. The first-order valence-corrected chi connectivity index (χ1v) is 10.2. The molecule has 0 spiro atoms. The lowest BCUT2D eigenvalue weighted by Gasteiger charge is -2.14. The second-order valence-corrected chi connectivity index (χ2v) is 8.34. The number of hydrogen-bond donors (Lipinski definition) is 1. The molecular formula is C21H13Cl2FN2O2S. The minimum Gasteiger partial charge on any atom is -0.354 e. The molecular weight excluding hydrogens is 434 g/mol. The molecule has 0 saturated heterocycles. The molecule has 0 saturated carbocycles. The number of nitrogens with one attached hydrogen (secondary N) is 1. The van der Waals surface area contributed by atoms with E-state index in [2.05, 4.69) is 5.32 Å². The minimum absolute atomic E-state index is 0.0131. The van der Waals surface area contributed by atoms with Crippen LogP contribution in [0.3, 0.4) is 0 Å². The van der Waals surface area contributed by atoms with Gasteiger partial charge in [-0.25, -0.2) is 4.39 Å². The molecule has 1 N–H and O–H groups in total. The lowest BCUT2D eigenvalue weighted by atomic mass is 10.1. The van der Waals surface area contributed by atoms with E-state index in [1.165, 1.54) is 30.0 Å². The molecule has 8 heteroatoms. The molecule has 1 unspecified atom stereocenters. The quantitative estimate of drug-likeness (QED) is 0.259. The Balaban J connectivity index is 1.87. The van der Waals surface area contributed by atoms with Crippen LogP contribution in [-0.4, -0.2) is 4.92 Å². The highest BCUT2D eigenvalue weighted by Crippen LogP contribution is 2.46. The van der Waals surface area contributed by atoms with Crippen molar-refractivity contribution >= 4 is 52.0 Å². The Morgan fingerprint density at radius 3 is 2.62 bits per heavy atom. The van der Waals surface area contributed by atoms with Crippen LogP contribution in [0, 0.1) is 15.9 Å². The molecule has 3 aromatic rings. The third-order valence-corrected chi connectivity index (χ3v) is 6.31. The first kappa shape index (κ1) is 19.8. The van der Waals surface area contributed by atoms with Crippen molar-refractivity contribution in [2.24, 2.45) is 0 Å². The van der Waals surface area contributed by atoms with Gasteiger partial charge in [0.2, 0.25) is 0 Å². The van der Waals surface area contributed by atoms with E-state index in [-0.39, 0.29) is 16.0 Å². The Hall–Kier alpha value is -2.54. The van der Waals surface area contributed by atoms with E-state index < -0.39 is 10.7 Å². The zero-order chi connectivity index (χ0) is 20.5. The first-order chi connectivity index (χ1) is 13.9. The Morgan fingerprint density at radius 2 is 1.83 bits per heavy atom. The van der Waals surface area contributed by atoms with Crippen LogP contribution in [0.1, 0.15) is 16.4 Å². The topological polar surface area (TPSA) is 55.2 Å². The molecule has 3 aromatic carbocycles. The highest BCUT2D eigenvalue weighted by Gasteiger charge is 2.22. The largest absolute Gasteiger partial charge is 0.354 e. The first-order valence-electron chi connectivity index (χ1n) is 8.56. The summed E-state index contributed by atoms with van der Waals surface area (Å²) in [6.45, 7) is 0. The molecule has 0 radical (unpaired) electrons. The highest BCUT2D eigenvalue weighted by molar-refractivity contribution is 7.99. The molecule has 1 aliphatic rings. The van der Waals surface area contributed by atoms with Gasteiger partial charge in [-0.3, -0.25) is 10.1 Å². The SMILES string of the molecule is O=[N+]([O-])c1cccc(C2C=C(c3cc(F)c(Cl)cc3Cl)Nc3ccccc3S2)c1. The van der Waals surface area contributed by atoms with Gasteiger partial charge in [-0.15, -0.1) is 11.8 Å². The summed E-state index contributed by atoms with van der Waals surface area (Å²) >= 11 is 13.7. The normalized spacial score (nSPS) is 15.7. The Kier molecular flexibility index (Phi) is 5.50. The van der Waals surface area contributed by atoms with Crippen LogP contribution in [-0.2, 0) is 0 Å². The van der Waals surface area contributed by atoms with Crippen LogP contribution in [0.25, 0.3) is 5.70 Å². The molecule has 146 valence electrons. The summed E-state index contributed by atoms with van der Waals surface area (Å²) in [4.78, 5) is 11.7. The fourth-order valence-corrected chi connectivity index (χ4v) is 4.70. The van der Waals surface area contributed by atoms with Crippen LogP contribution >= 0.6 is 35.0 Å². The zero-order valence-electron chi connectivity index (χ0n) is 14.7. The van der Waals surface area contributed by atoms with Crippen LogP contribution in [0.4, 0.5) is 15.8 Å². The van der Waals surface area contributed by atoms with Gasteiger partial charge >= 0.3 is 0 Å². The molecule has 0 aliphatic carbocycles. The number of nitro groups is 1. The average molecular weight is 447 g/mol. The van der Waals surface area contributed by atoms with Gasteiger partial charge in [0.05, 0.1) is 25.9 Å². The van der Waals surface area contributed by atoms with Gasteiger partial charge in [-0.1, -0.05) is 47.5 Å². The maximum atomic E-state index is 14.1. The van der Waals surface area contributed by atoms with Gasteiger partial charge in [0.1, 0.15) is 5.82 Å². The summed E-state index contributed by atoms with van der Waals surface area (Å²) in [5.74, 6) is -0.578. The summed E-state index contributed by atoms with van der Waals surface area (Å²) in [7, 11) is 0. The second kappa shape index (κ2) is 8.06. The summed E-state index contributed by atoms with van der Waals surface area (Å²) in [6.07, 6.45) is 1.89. The van der Waals surface area contributed by atoms with Crippen LogP contribution in [0.5, 0.6) is 0 Å². The number of nitrogens with zero attached hydrogens (tertiary/aromatic N) is 1. The van der Waals surface area contributed by atoms with Crippen molar-refractivity contribution in [1.29, 1.82) is 0 Å². The summed E-state index contributed by atoms with van der Waals surface area (Å²) in [6, 6.07) is 16.8. The van der Waals surface area contributed by atoms with Gasteiger partial charge in [0.25, 0.3) is 5.69 Å². The van der Waals surface area contributed by atoms with E-state index in [4.69, 9.17) is 23.2 Å². The number of non-ortho nitro benzene ring substituents is 1. The van der Waals surface area contributed by atoms with Crippen LogP contribution in [0.15, 0.2) is 71.6 Å². The van der Waals surface area contributed by atoms with E-state index in [1.54, 1.807) is 12.1 Å². The van der Waals surface area contributed by atoms with Gasteiger partial charge < -0.3 is 5.32 Å². The van der Waals surface area contributed by atoms with E-state index in [9.17, 15) is 14.5 Å². The molecule has 4 nitrogen and oxygen atoms in total. The Bertz CT molecular complexity index is 1150. The van der Waals surface area contributed by atoms with Gasteiger partial charge in [-0.2, -0.15) is 0 Å². The molecule has 1 aliphatic heterocycles. The van der Waals surface area contributed by atoms with E-state index in [0.717, 1.165) is 16.1 Å². The highest BCUT2D eigenvalue weighted by atomic mass is 35.5. The fraction of sp³-hybridized carbons (Fsp3) is 0.0476. The monoisotopic (exact) mass is 446 g/mol. The predicted octanol–water partition coefficient (Wildman–Crippen LogP) is 7.34. The molecule has 1 heterocycles. The number of para-hydroxylation sites is 1. The van der Waals surface area contributed by atoms with Crippen molar-refractivity contribution in [2.75, 3.05) is 5.32 Å². The minimum atomic E-state index is -0.578. The van der Waals surface area contributed by atoms with Crippen LogP contribution < -0.4 is 5.32 Å². The maximum absolute atomic E-state index is 14.1. The molecule has 1 atom stereocenters.